The molecule has 0 fully saturated rings. The van der Waals surface area contributed by atoms with E-state index in [-0.39, 0.29) is 0 Å². The third-order valence-electron chi connectivity index (χ3n) is 11.8. The Kier molecular flexibility index (Phi) is 5.34. The van der Waals surface area contributed by atoms with Crippen LogP contribution in [0.1, 0.15) is 0 Å². The summed E-state index contributed by atoms with van der Waals surface area (Å²) >= 11 is 0. The molecule has 0 aliphatic carbocycles. The number of hydrogen-bond acceptors (Lipinski definition) is 2. The van der Waals surface area contributed by atoms with Crippen molar-refractivity contribution in [2.45, 2.75) is 0 Å². The van der Waals surface area contributed by atoms with Gasteiger partial charge in [-0.05, 0) is 63.3 Å². The second-order valence-electron chi connectivity index (χ2n) is 14.5. The maximum absolute atomic E-state index is 5.60. The lowest BCUT2D eigenvalue weighted by atomic mass is 9.97. The molecule has 13 rings (SSSR count). The molecule has 0 aliphatic rings. The van der Waals surface area contributed by atoms with Crippen molar-refractivity contribution in [3.63, 3.8) is 0 Å². The maximum atomic E-state index is 5.60. The van der Waals surface area contributed by atoms with Gasteiger partial charge in [-0.1, -0.05) is 133 Å². The molecular formula is C50H28N4. The molecule has 0 N–H and O–H groups in total. The van der Waals surface area contributed by atoms with Crippen LogP contribution in [-0.2, 0) is 0 Å². The lowest BCUT2D eigenvalue weighted by Crippen LogP contribution is -2.03. The minimum Gasteiger partial charge on any atom is -0.307 e. The van der Waals surface area contributed by atoms with Gasteiger partial charge in [0.05, 0.1) is 33.1 Å². The van der Waals surface area contributed by atoms with E-state index in [9.17, 15) is 0 Å². The van der Waals surface area contributed by atoms with E-state index < -0.39 is 0 Å². The van der Waals surface area contributed by atoms with Crippen LogP contribution in [0.25, 0.3) is 120 Å². The fourth-order valence-electron chi connectivity index (χ4n) is 9.58. The molecule has 0 radical (unpaired) electrons. The van der Waals surface area contributed by atoms with Gasteiger partial charge in [0.25, 0.3) is 0 Å². The molecule has 54 heavy (non-hydrogen) atoms. The second kappa shape index (κ2) is 10.2. The smallest absolute Gasteiger partial charge is 0.162 e. The van der Waals surface area contributed by atoms with Gasteiger partial charge in [0.2, 0.25) is 0 Å². The van der Waals surface area contributed by atoms with E-state index in [0.29, 0.717) is 0 Å². The molecule has 4 heterocycles. The van der Waals surface area contributed by atoms with Gasteiger partial charge in [0.1, 0.15) is 5.82 Å². The van der Waals surface area contributed by atoms with Gasteiger partial charge in [-0.25, -0.2) is 9.97 Å². The van der Waals surface area contributed by atoms with E-state index in [1.807, 2.05) is 0 Å². The van der Waals surface area contributed by atoms with E-state index in [1.165, 1.54) is 75.8 Å². The summed E-state index contributed by atoms with van der Waals surface area (Å²) in [5.74, 6) is 1.60. The van der Waals surface area contributed by atoms with Crippen molar-refractivity contribution in [3.05, 3.63) is 170 Å². The van der Waals surface area contributed by atoms with Gasteiger partial charge in [-0.3, -0.25) is 4.57 Å². The minimum absolute atomic E-state index is 0.718. The van der Waals surface area contributed by atoms with Gasteiger partial charge < -0.3 is 4.40 Å². The second-order valence-corrected chi connectivity index (χ2v) is 14.5. The molecule has 0 amide bonds. The summed E-state index contributed by atoms with van der Waals surface area (Å²) in [6.07, 6.45) is 0. The van der Waals surface area contributed by atoms with Gasteiger partial charge in [-0.15, -0.1) is 0 Å². The average Bonchev–Trinajstić information content (AvgIpc) is 3.87. The Morgan fingerprint density at radius 3 is 1.81 bits per heavy atom. The minimum atomic E-state index is 0.718. The summed E-state index contributed by atoms with van der Waals surface area (Å²) in [6.45, 7) is 0. The molecule has 4 aromatic heterocycles. The summed E-state index contributed by atoms with van der Waals surface area (Å²) in [6, 6.07) is 61.5. The van der Waals surface area contributed by atoms with E-state index in [1.54, 1.807) is 0 Å². The van der Waals surface area contributed by atoms with Crippen LogP contribution in [0.5, 0.6) is 0 Å². The van der Waals surface area contributed by atoms with Crippen LogP contribution in [0.3, 0.4) is 0 Å². The number of rotatable bonds is 2. The van der Waals surface area contributed by atoms with E-state index in [4.69, 9.17) is 9.97 Å². The number of aromatic nitrogens is 4. The summed E-state index contributed by atoms with van der Waals surface area (Å²) in [4.78, 5) is 10.9. The Hall–Kier alpha value is -7.30. The molecule has 0 bridgehead atoms. The topological polar surface area (TPSA) is 35.1 Å². The summed E-state index contributed by atoms with van der Waals surface area (Å²) in [5.41, 5.74) is 7.97. The zero-order valence-corrected chi connectivity index (χ0v) is 29.0. The van der Waals surface area contributed by atoms with Crippen LogP contribution in [0, 0.1) is 0 Å². The lowest BCUT2D eigenvalue weighted by molar-refractivity contribution is 1.08. The molecule has 4 heteroatoms. The van der Waals surface area contributed by atoms with Crippen molar-refractivity contribution >= 4 is 103 Å². The van der Waals surface area contributed by atoms with Crippen LogP contribution in [0.15, 0.2) is 170 Å². The van der Waals surface area contributed by atoms with Crippen molar-refractivity contribution in [1.29, 1.82) is 0 Å². The highest BCUT2D eigenvalue weighted by Crippen LogP contribution is 2.48. The Morgan fingerprint density at radius 1 is 0.352 bits per heavy atom. The average molecular weight is 685 g/mol. The first-order valence-corrected chi connectivity index (χ1v) is 18.5. The molecule has 0 saturated carbocycles. The van der Waals surface area contributed by atoms with Crippen LogP contribution in [0.4, 0.5) is 0 Å². The molecule has 0 saturated heterocycles. The molecule has 248 valence electrons. The number of fused-ring (bicyclic) bond motifs is 16. The molecule has 0 spiro atoms. The SMILES string of the molecule is c1ccc2c(c1)cc(-c1nc(-n3c4ccccc4c4c5c6ccccc6n6c7c8ccccc8ccc7c(cc43)c56)c3ccccc3n1)c1ccccc12. The van der Waals surface area contributed by atoms with E-state index >= 15 is 0 Å². The zero-order chi connectivity index (χ0) is 35.1. The molecule has 0 aliphatic heterocycles. The summed E-state index contributed by atoms with van der Waals surface area (Å²) in [5, 5.41) is 15.8. The first-order chi connectivity index (χ1) is 26.8. The Bertz CT molecular complexity index is 3740. The monoisotopic (exact) mass is 684 g/mol. The van der Waals surface area contributed by atoms with Crippen molar-refractivity contribution in [2.24, 2.45) is 0 Å². The quantitative estimate of drug-likeness (QED) is 0.170. The third-order valence-corrected chi connectivity index (χ3v) is 11.8. The van der Waals surface area contributed by atoms with Crippen molar-refractivity contribution in [2.75, 3.05) is 0 Å². The fraction of sp³-hybridized carbons (Fsp3) is 0. The highest BCUT2D eigenvalue weighted by atomic mass is 15.1. The first kappa shape index (κ1) is 28.3. The lowest BCUT2D eigenvalue weighted by Gasteiger charge is -2.14. The summed E-state index contributed by atoms with van der Waals surface area (Å²) in [7, 11) is 0. The van der Waals surface area contributed by atoms with E-state index in [0.717, 1.165) is 44.5 Å². The first-order valence-electron chi connectivity index (χ1n) is 18.5. The van der Waals surface area contributed by atoms with Crippen LogP contribution >= 0.6 is 0 Å². The van der Waals surface area contributed by atoms with Gasteiger partial charge in [-0.2, -0.15) is 0 Å². The Morgan fingerprint density at radius 2 is 0.981 bits per heavy atom. The van der Waals surface area contributed by atoms with Gasteiger partial charge >= 0.3 is 0 Å². The molecule has 4 nitrogen and oxygen atoms in total. The number of nitrogens with zero attached hydrogens (tertiary/aromatic N) is 4. The number of para-hydroxylation sites is 3. The number of benzene rings is 9. The Labute approximate surface area is 308 Å². The van der Waals surface area contributed by atoms with Crippen molar-refractivity contribution in [3.8, 4) is 17.2 Å². The largest absolute Gasteiger partial charge is 0.307 e. The van der Waals surface area contributed by atoms with E-state index in [2.05, 4.69) is 179 Å². The van der Waals surface area contributed by atoms with Crippen molar-refractivity contribution in [1.82, 2.24) is 18.9 Å². The van der Waals surface area contributed by atoms with Crippen LogP contribution in [-0.4, -0.2) is 18.9 Å². The summed E-state index contributed by atoms with van der Waals surface area (Å²) < 4.78 is 4.93. The third kappa shape index (κ3) is 3.52. The van der Waals surface area contributed by atoms with Crippen LogP contribution < -0.4 is 0 Å². The van der Waals surface area contributed by atoms with Gasteiger partial charge in [0.15, 0.2) is 5.82 Å². The fourth-order valence-corrected chi connectivity index (χ4v) is 9.58. The molecule has 9 aromatic carbocycles. The highest BCUT2D eigenvalue weighted by Gasteiger charge is 2.26. The molecule has 0 unspecified atom stereocenters. The molecular weight excluding hydrogens is 657 g/mol. The normalized spacial score (nSPS) is 12.4. The standard InChI is InChI=1S/C50H28N4/c1-4-16-32-29(13-1)25-26-35-39-28-44-45(46-38-21-9-12-24-43(38)54(47(32)35)48(39)46)37-20-8-11-23-42(37)53(44)50-36-19-7-10-22-41(36)51-49(52-50)40-27-30-14-2-3-15-31(30)33-17-5-6-18-34(33)40/h1-28H. The van der Waals surface area contributed by atoms with Crippen molar-refractivity contribution < 1.29 is 0 Å². The molecule has 13 aromatic rings. The predicted octanol–water partition coefficient (Wildman–Crippen LogP) is 13.0. The molecule has 0 atom stereocenters. The van der Waals surface area contributed by atoms with Gasteiger partial charge in [0, 0.05) is 48.7 Å². The zero-order valence-electron chi connectivity index (χ0n) is 29.0. The highest BCUT2D eigenvalue weighted by molar-refractivity contribution is 6.37. The van der Waals surface area contributed by atoms with Crippen LogP contribution in [0.2, 0.25) is 0 Å². The maximum Gasteiger partial charge on any atom is 0.162 e. The number of hydrogen-bond donors (Lipinski definition) is 0. The predicted molar refractivity (Wildman–Crippen MR) is 226 cm³/mol. The Balaban J connectivity index is 1.23.